The summed E-state index contributed by atoms with van der Waals surface area (Å²) in [5.74, 6) is 1.36. The highest BCUT2D eigenvalue weighted by atomic mass is 79.9. The minimum absolute atomic E-state index is 0.106. The third-order valence-corrected chi connectivity index (χ3v) is 7.12. The monoisotopic (exact) mass is 634 g/mol. The third-order valence-electron chi connectivity index (χ3n) is 5.94. The average Bonchev–Trinajstić information content (AvgIpc) is 2.91. The number of methoxy groups -OCH3 is 1. The number of ether oxygens (including phenoxy) is 3. The van der Waals surface area contributed by atoms with Crippen LogP contribution in [-0.4, -0.2) is 66.7 Å². The molecule has 196 valence electrons. The van der Waals surface area contributed by atoms with Gasteiger partial charge in [0.2, 0.25) is 0 Å². The molecule has 1 saturated heterocycles. The number of fused-ring (bicyclic) bond motifs is 1. The lowest BCUT2D eigenvalue weighted by Gasteiger charge is -2.26. The number of hydrogen-bond acceptors (Lipinski definition) is 7. The molecule has 0 aliphatic carbocycles. The summed E-state index contributed by atoms with van der Waals surface area (Å²) in [6.07, 6.45) is 4.06. The van der Waals surface area contributed by atoms with Crippen LogP contribution in [0, 0.1) is 0 Å². The van der Waals surface area contributed by atoms with Crippen molar-refractivity contribution in [1.29, 1.82) is 0 Å². The summed E-state index contributed by atoms with van der Waals surface area (Å²) in [4.78, 5) is 32.2. The number of carbonyl (C=O) groups excluding carboxylic acids is 1. The zero-order valence-electron chi connectivity index (χ0n) is 20.7. The number of halogens is 2. The van der Waals surface area contributed by atoms with Crippen molar-refractivity contribution >= 4 is 54.9 Å². The number of hydrogen-bond donors (Lipinski definition) is 0. The molecule has 2 heterocycles. The van der Waals surface area contributed by atoms with Crippen molar-refractivity contribution in [2.45, 2.75) is 26.2 Å². The molecule has 11 heteroatoms. The maximum atomic E-state index is 13.3. The van der Waals surface area contributed by atoms with Gasteiger partial charge in [-0.3, -0.25) is 9.59 Å². The van der Waals surface area contributed by atoms with Crippen LogP contribution in [0.1, 0.15) is 31.2 Å². The second-order valence-electron chi connectivity index (χ2n) is 8.46. The molecule has 0 bridgehead atoms. The van der Waals surface area contributed by atoms with Gasteiger partial charge in [-0.25, -0.2) is 4.98 Å². The zero-order chi connectivity index (χ0) is 26.4. The summed E-state index contributed by atoms with van der Waals surface area (Å²) in [5.41, 5.74) is 1.08. The molecule has 37 heavy (non-hydrogen) atoms. The van der Waals surface area contributed by atoms with Crippen LogP contribution in [0.25, 0.3) is 10.9 Å². The summed E-state index contributed by atoms with van der Waals surface area (Å²) in [6.45, 7) is 4.15. The quantitative estimate of drug-likeness (QED) is 0.324. The minimum Gasteiger partial charge on any atom is -0.493 e. The Morgan fingerprint density at radius 3 is 2.70 bits per heavy atom. The number of unbranched alkanes of at least 4 members (excludes halogenated alkanes) is 1. The highest BCUT2D eigenvalue weighted by Gasteiger charge is 2.19. The van der Waals surface area contributed by atoms with E-state index < -0.39 is 0 Å². The van der Waals surface area contributed by atoms with Gasteiger partial charge in [-0.2, -0.15) is 9.78 Å². The molecule has 1 fully saturated rings. The Bertz CT molecular complexity index is 1370. The predicted octanol–water partition coefficient (Wildman–Crippen LogP) is 4.39. The van der Waals surface area contributed by atoms with Gasteiger partial charge in [-0.05, 0) is 52.7 Å². The van der Waals surface area contributed by atoms with Gasteiger partial charge in [-0.1, -0.05) is 29.3 Å². The van der Waals surface area contributed by atoms with Gasteiger partial charge in [0.15, 0.2) is 18.1 Å². The summed E-state index contributed by atoms with van der Waals surface area (Å²) in [6, 6.07) is 8.92. The molecular formula is C26H28Br2N4O5. The number of benzene rings is 2. The van der Waals surface area contributed by atoms with E-state index in [-0.39, 0.29) is 18.1 Å². The van der Waals surface area contributed by atoms with Crippen molar-refractivity contribution in [2.24, 2.45) is 5.10 Å². The SMILES string of the molecule is CCCCc1nc2ccc(Br)cc2c(=O)n1N=Cc1cc(OC)c(OCC(=O)N2CCOCC2)cc1Br. The van der Waals surface area contributed by atoms with E-state index in [9.17, 15) is 9.59 Å². The molecule has 3 aromatic rings. The lowest BCUT2D eigenvalue weighted by Crippen LogP contribution is -2.43. The van der Waals surface area contributed by atoms with Crippen molar-refractivity contribution < 1.29 is 19.0 Å². The maximum Gasteiger partial charge on any atom is 0.282 e. The lowest BCUT2D eigenvalue weighted by atomic mass is 10.2. The fraction of sp³-hybridized carbons (Fsp3) is 0.385. The Kier molecular flexibility index (Phi) is 9.33. The van der Waals surface area contributed by atoms with E-state index in [1.165, 1.54) is 11.8 Å². The average molecular weight is 636 g/mol. The van der Waals surface area contributed by atoms with Crippen molar-refractivity contribution in [3.8, 4) is 11.5 Å². The summed E-state index contributed by atoms with van der Waals surface area (Å²) >= 11 is 6.98. The van der Waals surface area contributed by atoms with Crippen LogP contribution in [-0.2, 0) is 16.0 Å². The van der Waals surface area contributed by atoms with Gasteiger partial charge in [0.05, 0.1) is 37.4 Å². The highest BCUT2D eigenvalue weighted by Crippen LogP contribution is 2.33. The Morgan fingerprint density at radius 2 is 1.97 bits per heavy atom. The number of carbonyl (C=O) groups is 1. The molecular weight excluding hydrogens is 608 g/mol. The van der Waals surface area contributed by atoms with E-state index in [1.54, 1.807) is 29.3 Å². The van der Waals surface area contributed by atoms with Gasteiger partial charge >= 0.3 is 0 Å². The van der Waals surface area contributed by atoms with Crippen molar-refractivity contribution in [3.63, 3.8) is 0 Å². The van der Waals surface area contributed by atoms with E-state index in [0.717, 1.165) is 17.3 Å². The van der Waals surface area contributed by atoms with E-state index in [4.69, 9.17) is 19.2 Å². The van der Waals surface area contributed by atoms with E-state index >= 15 is 0 Å². The maximum absolute atomic E-state index is 13.3. The molecule has 4 rings (SSSR count). The van der Waals surface area contributed by atoms with Crippen molar-refractivity contribution in [3.05, 3.63) is 61.0 Å². The first-order chi connectivity index (χ1) is 17.9. The Hall–Kier alpha value is -2.76. The van der Waals surface area contributed by atoms with Gasteiger partial charge in [0, 0.05) is 34.0 Å². The molecule has 0 atom stereocenters. The number of rotatable bonds is 9. The molecule has 0 radical (unpaired) electrons. The highest BCUT2D eigenvalue weighted by molar-refractivity contribution is 9.10. The molecule has 9 nitrogen and oxygen atoms in total. The number of aromatic nitrogens is 2. The van der Waals surface area contributed by atoms with Crippen LogP contribution in [0.2, 0.25) is 0 Å². The topological polar surface area (TPSA) is 95.2 Å². The fourth-order valence-corrected chi connectivity index (χ4v) is 4.68. The molecule has 0 unspecified atom stereocenters. The zero-order valence-corrected chi connectivity index (χ0v) is 23.9. The van der Waals surface area contributed by atoms with Crippen LogP contribution < -0.4 is 15.0 Å². The van der Waals surface area contributed by atoms with Crippen LogP contribution in [0.3, 0.4) is 0 Å². The van der Waals surface area contributed by atoms with Gasteiger partial charge in [0.25, 0.3) is 11.5 Å². The van der Waals surface area contributed by atoms with Gasteiger partial charge < -0.3 is 19.1 Å². The first-order valence-electron chi connectivity index (χ1n) is 12.0. The first kappa shape index (κ1) is 27.3. The minimum atomic E-state index is -0.238. The molecule has 0 saturated carbocycles. The van der Waals surface area contributed by atoms with E-state index in [2.05, 4.69) is 43.9 Å². The Balaban J connectivity index is 1.61. The molecule has 2 aromatic carbocycles. The normalized spacial score (nSPS) is 13.9. The molecule has 1 aliphatic rings. The van der Waals surface area contributed by atoms with Crippen LogP contribution in [0.4, 0.5) is 0 Å². The molecule has 1 aliphatic heterocycles. The molecule has 1 amide bonds. The van der Waals surface area contributed by atoms with Crippen molar-refractivity contribution in [2.75, 3.05) is 40.0 Å². The third kappa shape index (κ3) is 6.58. The fourth-order valence-electron chi connectivity index (χ4n) is 3.90. The van der Waals surface area contributed by atoms with E-state index in [1.807, 2.05) is 12.1 Å². The Morgan fingerprint density at radius 1 is 1.19 bits per heavy atom. The van der Waals surface area contributed by atoms with Gasteiger partial charge in [0.1, 0.15) is 5.82 Å². The molecule has 1 aromatic heterocycles. The number of aryl methyl sites for hydroxylation is 1. The van der Waals surface area contributed by atoms with Crippen LogP contribution in [0.5, 0.6) is 11.5 Å². The smallest absolute Gasteiger partial charge is 0.282 e. The Labute approximate surface area is 231 Å². The van der Waals surface area contributed by atoms with Crippen molar-refractivity contribution in [1.82, 2.24) is 14.6 Å². The number of amides is 1. The lowest BCUT2D eigenvalue weighted by molar-refractivity contribution is -0.137. The second-order valence-corrected chi connectivity index (χ2v) is 10.2. The van der Waals surface area contributed by atoms with E-state index in [0.29, 0.717) is 71.0 Å². The number of morpholine rings is 1. The first-order valence-corrected chi connectivity index (χ1v) is 13.6. The largest absolute Gasteiger partial charge is 0.493 e. The molecule has 0 spiro atoms. The van der Waals surface area contributed by atoms with Crippen LogP contribution >= 0.6 is 31.9 Å². The van der Waals surface area contributed by atoms with Gasteiger partial charge in [-0.15, -0.1) is 0 Å². The number of nitrogens with zero attached hydrogens (tertiary/aromatic N) is 4. The standard InChI is InChI=1S/C26H28Br2N4O5/c1-3-4-5-24-30-21-7-6-18(27)13-19(21)26(34)32(24)29-15-17-12-22(35-2)23(14-20(17)28)37-16-25(33)31-8-10-36-11-9-31/h6-7,12-15H,3-5,8-11,16H2,1-2H3. The summed E-state index contributed by atoms with van der Waals surface area (Å²) in [5, 5.41) is 5.00. The molecule has 0 N–H and O–H groups in total. The summed E-state index contributed by atoms with van der Waals surface area (Å²) in [7, 11) is 1.53. The second kappa shape index (κ2) is 12.7. The van der Waals surface area contributed by atoms with Crippen LogP contribution in [0.15, 0.2) is 49.2 Å². The predicted molar refractivity (Wildman–Crippen MR) is 149 cm³/mol. The summed E-state index contributed by atoms with van der Waals surface area (Å²) < 4.78 is 19.4.